The molecule has 29 heavy (non-hydrogen) atoms. The summed E-state index contributed by atoms with van der Waals surface area (Å²) in [6.45, 7) is 0.388. The Kier molecular flexibility index (Phi) is 4.98. The van der Waals surface area contributed by atoms with Crippen molar-refractivity contribution in [3.05, 3.63) is 83.9 Å². The lowest BCUT2D eigenvalue weighted by Crippen LogP contribution is -2.29. The predicted octanol–water partition coefficient (Wildman–Crippen LogP) is 3.70. The summed E-state index contributed by atoms with van der Waals surface area (Å²) in [5, 5.41) is 2.77. The monoisotopic (exact) mass is 408 g/mol. The van der Waals surface area contributed by atoms with Crippen LogP contribution in [0.25, 0.3) is 0 Å². The minimum Gasteiger partial charge on any atom is -0.495 e. The van der Waals surface area contributed by atoms with E-state index in [9.17, 15) is 13.2 Å². The van der Waals surface area contributed by atoms with Crippen LogP contribution >= 0.6 is 0 Å². The van der Waals surface area contributed by atoms with Crippen molar-refractivity contribution in [3.8, 4) is 5.75 Å². The van der Waals surface area contributed by atoms with Crippen molar-refractivity contribution >= 4 is 27.3 Å². The maximum absolute atomic E-state index is 13.2. The van der Waals surface area contributed by atoms with Crippen LogP contribution < -0.4 is 14.4 Å². The van der Waals surface area contributed by atoms with Gasteiger partial charge in [0.1, 0.15) is 5.75 Å². The molecule has 0 aromatic heterocycles. The number of carbonyl (C=O) groups is 1. The van der Waals surface area contributed by atoms with E-state index in [1.54, 1.807) is 42.5 Å². The third-order valence-corrected chi connectivity index (χ3v) is 6.69. The number of nitrogens with one attached hydrogen (secondary N) is 1. The van der Waals surface area contributed by atoms with Crippen LogP contribution in [0.2, 0.25) is 0 Å². The number of fused-ring (bicyclic) bond motifs is 1. The number of anilines is 2. The van der Waals surface area contributed by atoms with Gasteiger partial charge in [0.05, 0.1) is 23.4 Å². The SMILES string of the molecule is COc1ccccc1NC(=O)c1cccc(S(=O)(=O)N2CCc3ccccc32)c1. The van der Waals surface area contributed by atoms with Gasteiger partial charge in [-0.25, -0.2) is 8.42 Å². The molecule has 6 nitrogen and oxygen atoms in total. The molecular weight excluding hydrogens is 388 g/mol. The third kappa shape index (κ3) is 3.56. The first-order valence-corrected chi connectivity index (χ1v) is 10.6. The Morgan fingerprint density at radius 2 is 1.76 bits per heavy atom. The highest BCUT2D eigenvalue weighted by Gasteiger charge is 2.31. The number of nitrogens with zero attached hydrogens (tertiary/aromatic N) is 1. The summed E-state index contributed by atoms with van der Waals surface area (Å²) in [6, 6.07) is 20.6. The fourth-order valence-corrected chi connectivity index (χ4v) is 4.97. The van der Waals surface area contributed by atoms with Gasteiger partial charge in [0.2, 0.25) is 0 Å². The number of sulfonamides is 1. The molecule has 1 heterocycles. The van der Waals surface area contributed by atoms with Gasteiger partial charge in [-0.1, -0.05) is 36.4 Å². The average molecular weight is 408 g/mol. The maximum Gasteiger partial charge on any atom is 0.264 e. The zero-order chi connectivity index (χ0) is 20.4. The highest BCUT2D eigenvalue weighted by molar-refractivity contribution is 7.92. The normalized spacial score (nSPS) is 13.1. The van der Waals surface area contributed by atoms with Gasteiger partial charge >= 0.3 is 0 Å². The molecule has 0 saturated carbocycles. The molecule has 0 bridgehead atoms. The van der Waals surface area contributed by atoms with E-state index in [1.807, 2.05) is 18.2 Å². The van der Waals surface area contributed by atoms with Crippen molar-refractivity contribution in [2.75, 3.05) is 23.3 Å². The summed E-state index contributed by atoms with van der Waals surface area (Å²) in [4.78, 5) is 12.8. The molecule has 3 aromatic carbocycles. The minimum atomic E-state index is -3.77. The average Bonchev–Trinajstić information content (AvgIpc) is 3.19. The zero-order valence-corrected chi connectivity index (χ0v) is 16.6. The third-order valence-electron chi connectivity index (χ3n) is 4.88. The van der Waals surface area contributed by atoms with Crippen molar-refractivity contribution in [2.45, 2.75) is 11.3 Å². The van der Waals surface area contributed by atoms with Crippen molar-refractivity contribution in [3.63, 3.8) is 0 Å². The number of benzene rings is 3. The van der Waals surface area contributed by atoms with E-state index in [-0.39, 0.29) is 10.5 Å². The van der Waals surface area contributed by atoms with Gasteiger partial charge in [-0.05, 0) is 48.4 Å². The highest BCUT2D eigenvalue weighted by atomic mass is 32.2. The summed E-state index contributed by atoms with van der Waals surface area (Å²) in [6.07, 6.45) is 0.670. The standard InChI is InChI=1S/C22H20N2O4S/c1-28-21-12-5-3-10-19(21)23-22(25)17-8-6-9-18(15-17)29(26,27)24-14-13-16-7-2-4-11-20(16)24/h2-12,15H,13-14H2,1H3,(H,23,25). The second-order valence-corrected chi connectivity index (χ2v) is 8.50. The highest BCUT2D eigenvalue weighted by Crippen LogP contribution is 2.33. The molecule has 0 unspecified atom stereocenters. The van der Waals surface area contributed by atoms with E-state index >= 15 is 0 Å². The van der Waals surface area contributed by atoms with Gasteiger partial charge in [0, 0.05) is 12.1 Å². The Morgan fingerprint density at radius 1 is 1.00 bits per heavy atom. The largest absolute Gasteiger partial charge is 0.495 e. The summed E-state index contributed by atoms with van der Waals surface area (Å²) >= 11 is 0. The first kappa shape index (κ1) is 19.0. The molecule has 1 N–H and O–H groups in total. The number of ether oxygens (including phenoxy) is 1. The van der Waals surface area contributed by atoms with Gasteiger partial charge in [-0.2, -0.15) is 0 Å². The second-order valence-electron chi connectivity index (χ2n) is 6.64. The van der Waals surface area contributed by atoms with Crippen LogP contribution in [-0.2, 0) is 16.4 Å². The summed E-state index contributed by atoms with van der Waals surface area (Å²) in [5.41, 5.74) is 2.46. The second kappa shape index (κ2) is 7.60. The number of hydrogen-bond donors (Lipinski definition) is 1. The van der Waals surface area contributed by atoms with Crippen LogP contribution in [0, 0.1) is 0 Å². The molecule has 148 valence electrons. The van der Waals surface area contributed by atoms with Gasteiger partial charge in [0.25, 0.3) is 15.9 Å². The van der Waals surface area contributed by atoms with Crippen LogP contribution in [0.15, 0.2) is 77.7 Å². The van der Waals surface area contributed by atoms with Crippen LogP contribution in [0.5, 0.6) is 5.75 Å². The molecule has 0 saturated heterocycles. The molecule has 0 atom stereocenters. The summed E-state index contributed by atoms with van der Waals surface area (Å²) in [5.74, 6) is 0.117. The first-order chi connectivity index (χ1) is 14.0. The van der Waals surface area contributed by atoms with Crippen molar-refractivity contribution < 1.29 is 17.9 Å². The summed E-state index contributed by atoms with van der Waals surface area (Å²) < 4.78 is 33.1. The Hall–Kier alpha value is -3.32. The van der Waals surface area contributed by atoms with E-state index in [4.69, 9.17) is 4.74 Å². The van der Waals surface area contributed by atoms with E-state index in [2.05, 4.69) is 5.32 Å². The Balaban J connectivity index is 1.63. The lowest BCUT2D eigenvalue weighted by atomic mass is 10.2. The minimum absolute atomic E-state index is 0.0851. The van der Waals surface area contributed by atoms with Crippen LogP contribution in [0.4, 0.5) is 11.4 Å². The number of amides is 1. The maximum atomic E-state index is 13.2. The number of rotatable bonds is 5. The zero-order valence-electron chi connectivity index (χ0n) is 15.8. The van der Waals surface area contributed by atoms with E-state index in [1.165, 1.54) is 23.5 Å². The van der Waals surface area contributed by atoms with Crippen molar-refractivity contribution in [1.29, 1.82) is 0 Å². The smallest absolute Gasteiger partial charge is 0.264 e. The Bertz CT molecular complexity index is 1170. The van der Waals surface area contributed by atoms with E-state index in [0.717, 1.165) is 5.56 Å². The van der Waals surface area contributed by atoms with Gasteiger partial charge in [0.15, 0.2) is 0 Å². The van der Waals surface area contributed by atoms with Gasteiger partial charge in [-0.3, -0.25) is 9.10 Å². The molecule has 0 spiro atoms. The molecule has 4 rings (SSSR count). The topological polar surface area (TPSA) is 75.7 Å². The molecule has 1 amide bonds. The summed E-state index contributed by atoms with van der Waals surface area (Å²) in [7, 11) is -2.25. The number of carbonyl (C=O) groups excluding carboxylic acids is 1. The first-order valence-electron chi connectivity index (χ1n) is 9.16. The van der Waals surface area contributed by atoms with Gasteiger partial charge in [-0.15, -0.1) is 0 Å². The van der Waals surface area contributed by atoms with Crippen molar-refractivity contribution in [2.24, 2.45) is 0 Å². The van der Waals surface area contributed by atoms with Crippen LogP contribution in [0.1, 0.15) is 15.9 Å². The van der Waals surface area contributed by atoms with E-state index in [0.29, 0.717) is 30.1 Å². The molecule has 0 radical (unpaired) electrons. The van der Waals surface area contributed by atoms with Gasteiger partial charge < -0.3 is 10.1 Å². The molecule has 0 aliphatic carbocycles. The molecule has 0 fully saturated rings. The molecule has 1 aliphatic rings. The number of hydrogen-bond acceptors (Lipinski definition) is 4. The number of methoxy groups -OCH3 is 1. The van der Waals surface area contributed by atoms with E-state index < -0.39 is 15.9 Å². The molecular formula is C22H20N2O4S. The quantitative estimate of drug-likeness (QED) is 0.699. The fraction of sp³-hybridized carbons (Fsp3) is 0.136. The predicted molar refractivity (Wildman–Crippen MR) is 112 cm³/mol. The molecule has 1 aliphatic heterocycles. The molecule has 3 aromatic rings. The van der Waals surface area contributed by atoms with Crippen molar-refractivity contribution in [1.82, 2.24) is 0 Å². The van der Waals surface area contributed by atoms with Crippen LogP contribution in [-0.4, -0.2) is 28.0 Å². The van der Waals surface area contributed by atoms with Crippen LogP contribution in [0.3, 0.4) is 0 Å². The lowest BCUT2D eigenvalue weighted by molar-refractivity contribution is 0.102. The lowest BCUT2D eigenvalue weighted by Gasteiger charge is -2.20. The Morgan fingerprint density at radius 3 is 2.59 bits per heavy atom. The fourth-order valence-electron chi connectivity index (χ4n) is 3.43. The molecule has 7 heteroatoms. The number of para-hydroxylation sites is 3. The Labute approximate surface area is 169 Å².